The molecule has 0 bridgehead atoms. The normalized spacial score (nSPS) is 25.3. The lowest BCUT2D eigenvalue weighted by Crippen LogP contribution is -2.41. The molecule has 0 aromatic heterocycles. The van der Waals surface area contributed by atoms with Crippen molar-refractivity contribution in [1.82, 2.24) is 4.90 Å². The van der Waals surface area contributed by atoms with E-state index in [-0.39, 0.29) is 24.2 Å². The lowest BCUT2D eigenvalue weighted by molar-refractivity contribution is -0.190. The summed E-state index contributed by atoms with van der Waals surface area (Å²) < 4.78 is 17.4. The van der Waals surface area contributed by atoms with E-state index in [1.54, 1.807) is 7.11 Å². The van der Waals surface area contributed by atoms with Crippen LogP contribution in [0.15, 0.2) is 36.4 Å². The fourth-order valence-corrected chi connectivity index (χ4v) is 4.54. The van der Waals surface area contributed by atoms with E-state index in [4.69, 9.17) is 19.9 Å². The van der Waals surface area contributed by atoms with Crippen LogP contribution in [0.25, 0.3) is 10.8 Å². The number of methoxy groups -OCH3 is 1. The molecule has 4 rings (SSSR count). The Kier molecular flexibility index (Phi) is 6.33. The summed E-state index contributed by atoms with van der Waals surface area (Å²) in [5.41, 5.74) is 6.75. The third kappa shape index (κ3) is 4.55. The molecule has 2 saturated heterocycles. The van der Waals surface area contributed by atoms with E-state index >= 15 is 0 Å². The Balaban J connectivity index is 1.30. The lowest BCUT2D eigenvalue weighted by Gasteiger charge is -2.31. The summed E-state index contributed by atoms with van der Waals surface area (Å²) in [5, 5.41) is 2.38. The topological polar surface area (TPSA) is 74.0 Å². The predicted molar refractivity (Wildman–Crippen MR) is 112 cm³/mol. The van der Waals surface area contributed by atoms with Gasteiger partial charge in [-0.15, -0.1) is 0 Å². The number of amides is 1. The molecule has 29 heavy (non-hydrogen) atoms. The maximum absolute atomic E-state index is 11.5. The molecule has 0 radical (unpaired) electrons. The number of ether oxygens (including phenoxy) is 3. The van der Waals surface area contributed by atoms with Crippen LogP contribution < -0.4 is 10.5 Å². The summed E-state index contributed by atoms with van der Waals surface area (Å²) >= 11 is 0. The second-order valence-electron chi connectivity index (χ2n) is 7.97. The predicted octanol–water partition coefficient (Wildman–Crippen LogP) is 3.03. The van der Waals surface area contributed by atoms with E-state index in [0.717, 1.165) is 44.5 Å². The number of hydrogen-bond acceptors (Lipinski definition) is 5. The van der Waals surface area contributed by atoms with Crippen molar-refractivity contribution >= 4 is 16.7 Å². The zero-order valence-electron chi connectivity index (χ0n) is 17.0. The molecule has 2 aromatic rings. The second kappa shape index (κ2) is 9.11. The van der Waals surface area contributed by atoms with Gasteiger partial charge in [0.25, 0.3) is 0 Å². The van der Waals surface area contributed by atoms with Gasteiger partial charge in [0.1, 0.15) is 5.75 Å². The summed E-state index contributed by atoms with van der Waals surface area (Å²) in [6, 6.07) is 12.4. The molecular formula is C23H30N2O4. The summed E-state index contributed by atoms with van der Waals surface area (Å²) in [7, 11) is 1.69. The molecular weight excluding hydrogens is 368 g/mol. The molecule has 2 aromatic carbocycles. The quantitative estimate of drug-likeness (QED) is 0.776. The van der Waals surface area contributed by atoms with Crippen LogP contribution in [-0.4, -0.2) is 56.6 Å². The van der Waals surface area contributed by atoms with Gasteiger partial charge in [-0.2, -0.15) is 0 Å². The minimum atomic E-state index is -0.205. The molecule has 0 unspecified atom stereocenters. The maximum Gasteiger partial charge on any atom is 0.234 e. The molecule has 2 heterocycles. The molecule has 2 aliphatic heterocycles. The number of benzene rings is 2. The Bertz CT molecular complexity index is 848. The van der Waals surface area contributed by atoms with E-state index in [2.05, 4.69) is 35.2 Å². The number of carbonyl (C=O) groups is 1. The first-order valence-corrected chi connectivity index (χ1v) is 10.5. The van der Waals surface area contributed by atoms with Crippen LogP contribution in [0, 0.1) is 0 Å². The molecule has 6 nitrogen and oxygen atoms in total. The molecule has 0 spiro atoms. The minimum Gasteiger partial charge on any atom is -0.497 e. The number of rotatable bonds is 7. The molecule has 1 atom stereocenters. The SMILES string of the molecule is COc1ccc2c(C3COC(CCCN4CCC[C@H]4C(N)=O)OC3)cccc2c1. The lowest BCUT2D eigenvalue weighted by atomic mass is 9.94. The van der Waals surface area contributed by atoms with Crippen molar-refractivity contribution in [3.05, 3.63) is 42.0 Å². The highest BCUT2D eigenvalue weighted by atomic mass is 16.7. The van der Waals surface area contributed by atoms with E-state index in [0.29, 0.717) is 13.2 Å². The number of likely N-dealkylation sites (tertiary alicyclic amines) is 1. The van der Waals surface area contributed by atoms with Crippen LogP contribution in [0.1, 0.15) is 37.2 Å². The zero-order chi connectivity index (χ0) is 20.2. The first-order chi connectivity index (χ1) is 14.2. The largest absolute Gasteiger partial charge is 0.497 e. The van der Waals surface area contributed by atoms with Crippen molar-refractivity contribution < 1.29 is 19.0 Å². The summed E-state index contributed by atoms with van der Waals surface area (Å²) in [6.07, 6.45) is 3.53. The van der Waals surface area contributed by atoms with Crippen LogP contribution in [0.2, 0.25) is 0 Å². The fourth-order valence-electron chi connectivity index (χ4n) is 4.54. The number of fused-ring (bicyclic) bond motifs is 1. The Morgan fingerprint density at radius 1 is 1.24 bits per heavy atom. The number of carbonyl (C=O) groups excluding carboxylic acids is 1. The van der Waals surface area contributed by atoms with Gasteiger partial charge in [-0.25, -0.2) is 0 Å². The average Bonchev–Trinajstić information content (AvgIpc) is 3.22. The number of nitrogens with two attached hydrogens (primary N) is 1. The fraction of sp³-hybridized carbons (Fsp3) is 0.522. The van der Waals surface area contributed by atoms with Crippen LogP contribution in [-0.2, 0) is 14.3 Å². The highest BCUT2D eigenvalue weighted by Gasteiger charge is 2.29. The van der Waals surface area contributed by atoms with Gasteiger partial charge in [0, 0.05) is 5.92 Å². The monoisotopic (exact) mass is 398 g/mol. The molecule has 0 saturated carbocycles. The third-order valence-corrected chi connectivity index (χ3v) is 6.10. The van der Waals surface area contributed by atoms with Crippen molar-refractivity contribution in [2.45, 2.75) is 43.9 Å². The van der Waals surface area contributed by atoms with Gasteiger partial charge in [0.15, 0.2) is 6.29 Å². The van der Waals surface area contributed by atoms with Crippen LogP contribution >= 0.6 is 0 Å². The Morgan fingerprint density at radius 3 is 2.83 bits per heavy atom. The van der Waals surface area contributed by atoms with Gasteiger partial charge in [0.05, 0.1) is 26.4 Å². The number of primary amides is 1. The van der Waals surface area contributed by atoms with E-state index in [9.17, 15) is 4.79 Å². The molecule has 6 heteroatoms. The molecule has 0 aliphatic carbocycles. The van der Waals surface area contributed by atoms with E-state index in [1.165, 1.54) is 16.3 Å². The first-order valence-electron chi connectivity index (χ1n) is 10.5. The first kappa shape index (κ1) is 20.1. The Morgan fingerprint density at radius 2 is 2.07 bits per heavy atom. The van der Waals surface area contributed by atoms with Crippen molar-refractivity contribution in [3.63, 3.8) is 0 Å². The van der Waals surface area contributed by atoms with Gasteiger partial charge in [-0.1, -0.05) is 24.3 Å². The Labute approximate surface area is 171 Å². The summed E-state index contributed by atoms with van der Waals surface area (Å²) in [4.78, 5) is 13.7. The van der Waals surface area contributed by atoms with Crippen LogP contribution in [0.3, 0.4) is 0 Å². The van der Waals surface area contributed by atoms with Gasteiger partial charge in [-0.3, -0.25) is 9.69 Å². The third-order valence-electron chi connectivity index (χ3n) is 6.10. The van der Waals surface area contributed by atoms with E-state index in [1.807, 2.05) is 6.07 Å². The Hall–Kier alpha value is -2.15. The van der Waals surface area contributed by atoms with E-state index < -0.39 is 0 Å². The minimum absolute atomic E-state index is 0.0995. The molecule has 2 fully saturated rings. The maximum atomic E-state index is 11.5. The average molecular weight is 399 g/mol. The number of hydrogen-bond donors (Lipinski definition) is 1. The smallest absolute Gasteiger partial charge is 0.234 e. The standard InChI is InChI=1S/C23H30N2O4/c1-27-18-9-10-20-16(13-18)5-2-6-19(20)17-14-28-22(29-15-17)8-4-12-25-11-3-7-21(25)23(24)26/h2,5-6,9-10,13,17,21-22H,3-4,7-8,11-12,14-15H2,1H3,(H2,24,26)/t17?,21-,22?/m0/s1. The van der Waals surface area contributed by atoms with Gasteiger partial charge < -0.3 is 19.9 Å². The second-order valence-corrected chi connectivity index (χ2v) is 7.97. The highest BCUT2D eigenvalue weighted by Crippen LogP contribution is 2.31. The van der Waals surface area contributed by atoms with Crippen LogP contribution in [0.4, 0.5) is 0 Å². The van der Waals surface area contributed by atoms with Crippen LogP contribution in [0.5, 0.6) is 5.75 Å². The zero-order valence-corrected chi connectivity index (χ0v) is 17.0. The van der Waals surface area contributed by atoms with Gasteiger partial charge >= 0.3 is 0 Å². The molecule has 156 valence electrons. The molecule has 2 aliphatic rings. The number of nitrogens with zero attached hydrogens (tertiary/aromatic N) is 1. The summed E-state index contributed by atoms with van der Waals surface area (Å²) in [6.45, 7) is 3.13. The summed E-state index contributed by atoms with van der Waals surface area (Å²) in [5.74, 6) is 0.881. The van der Waals surface area contributed by atoms with Crippen molar-refractivity contribution in [2.75, 3.05) is 33.4 Å². The van der Waals surface area contributed by atoms with Crippen molar-refractivity contribution in [3.8, 4) is 5.75 Å². The van der Waals surface area contributed by atoms with Gasteiger partial charge in [-0.05, 0) is 67.2 Å². The van der Waals surface area contributed by atoms with Gasteiger partial charge in [0.2, 0.25) is 5.91 Å². The van der Waals surface area contributed by atoms with Crippen molar-refractivity contribution in [2.24, 2.45) is 5.73 Å². The highest BCUT2D eigenvalue weighted by molar-refractivity contribution is 5.87. The van der Waals surface area contributed by atoms with Crippen molar-refractivity contribution in [1.29, 1.82) is 0 Å². The molecule has 1 amide bonds. The molecule has 2 N–H and O–H groups in total.